The summed E-state index contributed by atoms with van der Waals surface area (Å²) in [5, 5.41) is 13.4. The third-order valence-corrected chi connectivity index (χ3v) is 5.77. The average molecular weight is 467 g/mol. The Labute approximate surface area is 208 Å². The Balaban J connectivity index is 0.000000368. The molecular formula is C30H34N4O. The number of Topliss-reactive ketones (excluding diaryl/α,β-unsaturated/α-hetero) is 1. The van der Waals surface area contributed by atoms with Crippen molar-refractivity contribution in [2.75, 3.05) is 13.1 Å². The Hall–Kier alpha value is -3.75. The largest absolute Gasteiger partial charge is 0.349 e. The molecule has 3 heterocycles. The molecule has 2 aromatic carbocycles. The van der Waals surface area contributed by atoms with E-state index in [0.29, 0.717) is 11.1 Å². The first-order chi connectivity index (χ1) is 17.0. The number of carbonyl (C=O) groups excluding carboxylic acids is 1. The summed E-state index contributed by atoms with van der Waals surface area (Å²) in [6.07, 6.45) is 7.92. The van der Waals surface area contributed by atoms with Crippen LogP contribution in [0.15, 0.2) is 67.0 Å². The van der Waals surface area contributed by atoms with E-state index >= 15 is 0 Å². The molecule has 0 atom stereocenters. The zero-order valence-corrected chi connectivity index (χ0v) is 21.1. The zero-order chi connectivity index (χ0) is 25.2. The molecular weight excluding hydrogens is 432 g/mol. The minimum absolute atomic E-state index is 0.0420. The third-order valence-electron chi connectivity index (χ3n) is 5.77. The van der Waals surface area contributed by atoms with Gasteiger partial charge >= 0.3 is 0 Å². The highest BCUT2D eigenvalue weighted by Gasteiger charge is 2.15. The van der Waals surface area contributed by atoms with E-state index in [4.69, 9.17) is 10.2 Å². The number of carbonyl (C=O) groups is 1. The van der Waals surface area contributed by atoms with Crippen LogP contribution in [0.4, 0.5) is 0 Å². The van der Waals surface area contributed by atoms with Gasteiger partial charge in [0.2, 0.25) is 0 Å². The number of fused-ring (bicyclic) bond motifs is 1. The molecule has 0 amide bonds. The van der Waals surface area contributed by atoms with Crippen molar-refractivity contribution < 1.29 is 4.79 Å². The molecule has 0 spiro atoms. The van der Waals surface area contributed by atoms with Crippen LogP contribution in [0.25, 0.3) is 33.3 Å². The van der Waals surface area contributed by atoms with Gasteiger partial charge in [-0.25, -0.2) is 0 Å². The number of hydrogen-bond acceptors (Lipinski definition) is 4. The molecule has 2 aromatic heterocycles. The van der Waals surface area contributed by atoms with E-state index in [1.807, 2.05) is 72.5 Å². The second-order valence-electron chi connectivity index (χ2n) is 8.69. The lowest BCUT2D eigenvalue weighted by molar-refractivity contribution is 0.101. The number of aryl methyl sites for hydroxylation is 1. The molecule has 1 fully saturated rings. The van der Waals surface area contributed by atoms with Crippen LogP contribution in [0.1, 0.15) is 56.0 Å². The molecule has 0 radical (unpaired) electrons. The van der Waals surface area contributed by atoms with Crippen molar-refractivity contribution in [1.29, 1.82) is 5.26 Å². The number of pyridine rings is 1. The fourth-order valence-electron chi connectivity index (χ4n) is 3.94. The van der Waals surface area contributed by atoms with Gasteiger partial charge in [-0.2, -0.15) is 5.26 Å². The maximum atomic E-state index is 11.6. The summed E-state index contributed by atoms with van der Waals surface area (Å²) in [5.41, 5.74) is 6.17. The minimum atomic E-state index is 0.0420. The van der Waals surface area contributed by atoms with Crippen molar-refractivity contribution in [2.45, 2.75) is 40.0 Å². The first kappa shape index (κ1) is 25.9. The molecule has 35 heavy (non-hydrogen) atoms. The molecule has 0 unspecified atom stereocenters. The van der Waals surface area contributed by atoms with Gasteiger partial charge in [0.15, 0.2) is 5.78 Å². The van der Waals surface area contributed by atoms with Gasteiger partial charge in [0.05, 0.1) is 29.0 Å². The number of nitrogens with one attached hydrogen (secondary N) is 1. The van der Waals surface area contributed by atoms with E-state index in [9.17, 15) is 4.79 Å². The van der Waals surface area contributed by atoms with Crippen LogP contribution in [0.3, 0.4) is 0 Å². The van der Waals surface area contributed by atoms with Crippen molar-refractivity contribution in [1.82, 2.24) is 14.9 Å². The van der Waals surface area contributed by atoms with Crippen LogP contribution in [0.5, 0.6) is 0 Å². The average Bonchev–Trinajstić information content (AvgIpc) is 3.58. The topological polar surface area (TPSA) is 70.7 Å². The fraction of sp³-hybridized carbons (Fsp3) is 0.300. The molecule has 5 rings (SSSR count). The lowest BCUT2D eigenvalue weighted by atomic mass is 9.95. The molecule has 180 valence electrons. The Morgan fingerprint density at radius 3 is 2.11 bits per heavy atom. The van der Waals surface area contributed by atoms with Crippen LogP contribution in [-0.2, 0) is 7.05 Å². The Bertz CT molecular complexity index is 1280. The molecule has 1 aliphatic rings. The minimum Gasteiger partial charge on any atom is -0.349 e. The Kier molecular flexibility index (Phi) is 9.34. The molecule has 1 saturated heterocycles. The highest BCUT2D eigenvalue weighted by Crippen LogP contribution is 2.37. The summed E-state index contributed by atoms with van der Waals surface area (Å²) in [6.45, 7) is 8.31. The number of hydrogen-bond donors (Lipinski definition) is 1. The van der Waals surface area contributed by atoms with E-state index in [-0.39, 0.29) is 5.78 Å². The van der Waals surface area contributed by atoms with E-state index in [1.165, 1.54) is 32.4 Å². The first-order valence-corrected chi connectivity index (χ1v) is 12.3. The van der Waals surface area contributed by atoms with Gasteiger partial charge in [-0.05, 0) is 56.6 Å². The van der Waals surface area contributed by atoms with E-state index in [1.54, 1.807) is 6.92 Å². The summed E-state index contributed by atoms with van der Waals surface area (Å²) in [4.78, 5) is 16.3. The lowest BCUT2D eigenvalue weighted by Gasteiger charge is -2.12. The van der Waals surface area contributed by atoms with Crippen molar-refractivity contribution in [3.05, 3.63) is 78.1 Å². The van der Waals surface area contributed by atoms with Gasteiger partial charge in [-0.3, -0.25) is 9.78 Å². The van der Waals surface area contributed by atoms with Crippen molar-refractivity contribution in [3.8, 4) is 28.5 Å². The van der Waals surface area contributed by atoms with E-state index in [0.717, 1.165) is 33.3 Å². The summed E-state index contributed by atoms with van der Waals surface area (Å²) in [7, 11) is 1.99. The summed E-state index contributed by atoms with van der Waals surface area (Å²) in [6, 6.07) is 19.3. The molecule has 4 aromatic rings. The molecule has 0 aliphatic carbocycles. The normalized spacial score (nSPS) is 12.2. The maximum Gasteiger partial charge on any atom is 0.159 e. The van der Waals surface area contributed by atoms with Crippen LogP contribution in [0.2, 0.25) is 0 Å². The monoisotopic (exact) mass is 466 g/mol. The molecule has 1 N–H and O–H groups in total. The number of nitriles is 1. The highest BCUT2D eigenvalue weighted by atomic mass is 16.1. The van der Waals surface area contributed by atoms with E-state index < -0.39 is 0 Å². The van der Waals surface area contributed by atoms with Crippen LogP contribution in [0, 0.1) is 11.3 Å². The molecule has 0 bridgehead atoms. The lowest BCUT2D eigenvalue weighted by Crippen LogP contribution is -2.03. The van der Waals surface area contributed by atoms with Gasteiger partial charge < -0.3 is 9.88 Å². The number of nitrogens with zero attached hydrogens (tertiary/aromatic N) is 3. The van der Waals surface area contributed by atoms with Gasteiger partial charge in [0, 0.05) is 35.3 Å². The van der Waals surface area contributed by atoms with Gasteiger partial charge in [-0.1, -0.05) is 56.7 Å². The van der Waals surface area contributed by atoms with Crippen molar-refractivity contribution >= 4 is 16.7 Å². The predicted molar refractivity (Wildman–Crippen MR) is 144 cm³/mol. The number of rotatable bonds is 3. The standard InChI is InChI=1S/C23H17N3O.C4H9N.C3H8/c1-15(27)17-7-9-19(10-8-17)23-22(18-5-3-16(13-24)4-6-18)20-11-12-26(2)21(20)14-25-23;1-2-4-5-3-1;1-3-2/h3-12,14H,1-2H3;5H,1-4H2;3H2,1-2H3. The van der Waals surface area contributed by atoms with Gasteiger partial charge in [0.25, 0.3) is 0 Å². The first-order valence-electron chi connectivity index (χ1n) is 12.3. The van der Waals surface area contributed by atoms with Crippen molar-refractivity contribution in [2.24, 2.45) is 7.05 Å². The zero-order valence-electron chi connectivity index (χ0n) is 21.1. The number of ketones is 1. The summed E-state index contributed by atoms with van der Waals surface area (Å²) >= 11 is 0. The Morgan fingerprint density at radius 2 is 1.60 bits per heavy atom. The van der Waals surface area contributed by atoms with Crippen LogP contribution >= 0.6 is 0 Å². The summed E-state index contributed by atoms with van der Waals surface area (Å²) < 4.78 is 2.04. The molecule has 5 heteroatoms. The second kappa shape index (κ2) is 12.6. The Morgan fingerprint density at radius 1 is 1.00 bits per heavy atom. The van der Waals surface area contributed by atoms with Crippen LogP contribution in [-0.4, -0.2) is 28.4 Å². The van der Waals surface area contributed by atoms with Crippen molar-refractivity contribution in [3.63, 3.8) is 0 Å². The van der Waals surface area contributed by atoms with E-state index in [2.05, 4.69) is 31.3 Å². The van der Waals surface area contributed by atoms with Gasteiger partial charge in [0.1, 0.15) is 0 Å². The second-order valence-corrected chi connectivity index (χ2v) is 8.69. The molecule has 0 saturated carbocycles. The van der Waals surface area contributed by atoms with Gasteiger partial charge in [-0.15, -0.1) is 0 Å². The SMILES string of the molecule is C1CCNC1.CC(=O)c1ccc(-c2ncc3c(ccn3C)c2-c2ccc(C#N)cc2)cc1.CCC. The smallest absolute Gasteiger partial charge is 0.159 e. The third kappa shape index (κ3) is 6.44. The maximum absolute atomic E-state index is 11.6. The molecule has 5 nitrogen and oxygen atoms in total. The fourth-order valence-corrected chi connectivity index (χ4v) is 3.94. The summed E-state index contributed by atoms with van der Waals surface area (Å²) in [5.74, 6) is 0.0420. The quantitative estimate of drug-likeness (QED) is 0.338. The number of aromatic nitrogens is 2. The number of benzene rings is 2. The highest BCUT2D eigenvalue weighted by molar-refractivity contribution is 6.02. The molecule has 1 aliphatic heterocycles. The predicted octanol–water partition coefficient (Wildman–Crippen LogP) is 6.77. The van der Waals surface area contributed by atoms with Crippen LogP contribution < -0.4 is 5.32 Å².